The molecule has 0 fully saturated rings. The maximum absolute atomic E-state index is 12.9. The highest BCUT2D eigenvalue weighted by atomic mass is 32.2. The molecule has 0 unspecified atom stereocenters. The van der Waals surface area contributed by atoms with Gasteiger partial charge in [0.25, 0.3) is 10.0 Å². The van der Waals surface area contributed by atoms with Crippen LogP contribution < -0.4 is 4.72 Å². The lowest BCUT2D eigenvalue weighted by Crippen LogP contribution is -2.14. The summed E-state index contributed by atoms with van der Waals surface area (Å²) in [5.41, 5.74) is 6.84. The van der Waals surface area contributed by atoms with Gasteiger partial charge in [-0.15, -0.1) is 11.3 Å². The Hall–Kier alpha value is -3.69. The molecule has 0 aliphatic rings. The van der Waals surface area contributed by atoms with E-state index in [2.05, 4.69) is 19.7 Å². The zero-order valence-electron chi connectivity index (χ0n) is 17.8. The predicted octanol–water partition coefficient (Wildman–Crippen LogP) is 5.65. The van der Waals surface area contributed by atoms with Crippen LogP contribution in [0.15, 0.2) is 70.0 Å². The molecule has 3 N–H and O–H groups in total. The molecule has 0 saturated carbocycles. The number of nitrogens with zero attached hydrogens (tertiary/aromatic N) is 2. The van der Waals surface area contributed by atoms with Gasteiger partial charge in [0.2, 0.25) is 0 Å². The molecular weight excluding hydrogens is 456 g/mol. The Morgan fingerprint density at radius 1 is 1.06 bits per heavy atom. The molecule has 0 bridgehead atoms. The topological polar surface area (TPSA) is 107 Å². The number of hydrogen-bond acceptors (Lipinski definition) is 6. The van der Waals surface area contributed by atoms with E-state index in [4.69, 9.17) is 0 Å². The lowest BCUT2D eigenvalue weighted by atomic mass is 10.1. The molecule has 0 radical (unpaired) electrons. The van der Waals surface area contributed by atoms with E-state index in [0.29, 0.717) is 16.9 Å². The summed E-state index contributed by atoms with van der Waals surface area (Å²) in [7, 11) is -3.74. The van der Waals surface area contributed by atoms with Crippen molar-refractivity contribution in [3.8, 4) is 5.88 Å². The first-order chi connectivity index (χ1) is 15.8. The summed E-state index contributed by atoms with van der Waals surface area (Å²) >= 11 is 1.50. The van der Waals surface area contributed by atoms with Crippen LogP contribution in [0.3, 0.4) is 0 Å². The Morgan fingerprint density at radius 3 is 2.52 bits per heavy atom. The van der Waals surface area contributed by atoms with E-state index in [-0.39, 0.29) is 10.8 Å². The summed E-state index contributed by atoms with van der Waals surface area (Å²) in [6.45, 7) is 3.73. The van der Waals surface area contributed by atoms with E-state index in [1.54, 1.807) is 23.9 Å². The fraction of sp³-hybridized carbons (Fsp3) is 0.0833. The molecule has 0 aliphatic heterocycles. The summed E-state index contributed by atoms with van der Waals surface area (Å²) in [5, 5.41) is 11.2. The normalized spacial score (nSPS) is 12.2. The van der Waals surface area contributed by atoms with E-state index >= 15 is 0 Å². The highest BCUT2D eigenvalue weighted by Gasteiger charge is 2.17. The van der Waals surface area contributed by atoms with Crippen molar-refractivity contribution in [2.45, 2.75) is 18.7 Å². The van der Waals surface area contributed by atoms with Gasteiger partial charge in [0.15, 0.2) is 5.88 Å². The first-order valence-corrected chi connectivity index (χ1v) is 12.5. The van der Waals surface area contributed by atoms with Crippen molar-refractivity contribution < 1.29 is 13.5 Å². The predicted molar refractivity (Wildman–Crippen MR) is 134 cm³/mol. The number of thiazole rings is 1. The number of aromatic amines is 1. The minimum Gasteiger partial charge on any atom is -0.494 e. The van der Waals surface area contributed by atoms with Crippen molar-refractivity contribution in [1.82, 2.24) is 9.97 Å². The van der Waals surface area contributed by atoms with E-state index in [1.165, 1.54) is 23.5 Å². The van der Waals surface area contributed by atoms with Gasteiger partial charge < -0.3 is 10.1 Å². The zero-order chi connectivity index (χ0) is 23.2. The van der Waals surface area contributed by atoms with Crippen molar-refractivity contribution in [1.29, 1.82) is 0 Å². The number of aromatic hydroxyl groups is 1. The van der Waals surface area contributed by atoms with Gasteiger partial charge in [-0.1, -0.05) is 18.2 Å². The molecule has 166 valence electrons. The number of anilines is 1. The standard InChI is InChI=1S/C24H20N4O3S2/c1-14-4-3-5-15(2)22(14)28-33(30,31)17-8-6-16(7-9-17)25-12-18-21-19(27-24(18)29)10-11-20-23(21)32-13-26-20/h3-13,27-29H,1-2H3. The number of nitrogens with one attached hydrogen (secondary N) is 2. The lowest BCUT2D eigenvalue weighted by molar-refractivity contribution is 0.457. The van der Waals surface area contributed by atoms with Gasteiger partial charge in [0.05, 0.1) is 43.1 Å². The second-order valence-corrected chi connectivity index (χ2v) is 10.2. The van der Waals surface area contributed by atoms with Gasteiger partial charge in [0, 0.05) is 11.6 Å². The van der Waals surface area contributed by atoms with Gasteiger partial charge in [-0.3, -0.25) is 9.71 Å². The average molecular weight is 477 g/mol. The third kappa shape index (κ3) is 3.85. The van der Waals surface area contributed by atoms with Crippen LogP contribution in [-0.4, -0.2) is 29.7 Å². The Bertz CT molecular complexity index is 1610. The van der Waals surface area contributed by atoms with Crippen LogP contribution in [0.5, 0.6) is 5.88 Å². The van der Waals surface area contributed by atoms with Crippen molar-refractivity contribution in [3.05, 3.63) is 76.8 Å². The molecule has 5 aromatic rings. The van der Waals surface area contributed by atoms with E-state index in [1.807, 2.05) is 44.2 Å². The molecule has 5 rings (SSSR count). The maximum Gasteiger partial charge on any atom is 0.261 e. The molecule has 0 amide bonds. The quantitative estimate of drug-likeness (QED) is 0.285. The zero-order valence-corrected chi connectivity index (χ0v) is 19.5. The first kappa shape index (κ1) is 21.2. The van der Waals surface area contributed by atoms with E-state index in [9.17, 15) is 13.5 Å². The van der Waals surface area contributed by atoms with E-state index in [0.717, 1.165) is 32.2 Å². The molecular formula is C24H20N4O3S2. The van der Waals surface area contributed by atoms with Crippen LogP contribution in [0.2, 0.25) is 0 Å². The molecule has 2 aromatic heterocycles. The second-order valence-electron chi connectivity index (χ2n) is 7.70. The smallest absolute Gasteiger partial charge is 0.261 e. The van der Waals surface area contributed by atoms with Crippen molar-refractivity contribution in [3.63, 3.8) is 0 Å². The average Bonchev–Trinajstić information content (AvgIpc) is 3.38. The SMILES string of the molecule is Cc1cccc(C)c1NS(=O)(=O)c1ccc(N=Cc2c(O)[nH]c3ccc4ncsc4c23)cc1. The van der Waals surface area contributed by atoms with Gasteiger partial charge in [-0.25, -0.2) is 13.4 Å². The van der Waals surface area contributed by atoms with Crippen LogP contribution in [0.4, 0.5) is 11.4 Å². The molecule has 9 heteroatoms. The number of H-pyrrole nitrogens is 1. The van der Waals surface area contributed by atoms with Crippen LogP contribution >= 0.6 is 11.3 Å². The number of benzene rings is 3. The Morgan fingerprint density at radius 2 is 1.79 bits per heavy atom. The number of rotatable bonds is 5. The van der Waals surface area contributed by atoms with Crippen LogP contribution in [-0.2, 0) is 10.0 Å². The number of aryl methyl sites for hydroxylation is 2. The Kier molecular flexibility index (Phi) is 5.15. The number of para-hydroxylation sites is 1. The van der Waals surface area contributed by atoms with Crippen molar-refractivity contribution in [2.24, 2.45) is 4.99 Å². The number of aliphatic imine (C=N–C) groups is 1. The highest BCUT2D eigenvalue weighted by molar-refractivity contribution is 7.92. The number of aromatic nitrogens is 2. The molecule has 2 heterocycles. The molecule has 0 atom stereocenters. The molecule has 33 heavy (non-hydrogen) atoms. The summed E-state index contributed by atoms with van der Waals surface area (Å²) in [5.74, 6) is 0.0200. The lowest BCUT2D eigenvalue weighted by Gasteiger charge is -2.13. The third-order valence-electron chi connectivity index (χ3n) is 5.48. The third-order valence-corrected chi connectivity index (χ3v) is 7.71. The summed E-state index contributed by atoms with van der Waals surface area (Å²) in [6, 6.07) is 15.7. The molecule has 0 aliphatic carbocycles. The van der Waals surface area contributed by atoms with E-state index < -0.39 is 10.0 Å². The number of hydrogen-bond donors (Lipinski definition) is 3. The number of sulfonamides is 1. The Labute approximate surface area is 194 Å². The fourth-order valence-electron chi connectivity index (χ4n) is 3.76. The Balaban J connectivity index is 1.44. The second kappa shape index (κ2) is 8.02. The number of fused-ring (bicyclic) bond motifs is 3. The summed E-state index contributed by atoms with van der Waals surface area (Å²) in [4.78, 5) is 11.9. The van der Waals surface area contributed by atoms with Crippen LogP contribution in [0.1, 0.15) is 16.7 Å². The van der Waals surface area contributed by atoms with Gasteiger partial charge in [0.1, 0.15) is 0 Å². The van der Waals surface area contributed by atoms with Crippen LogP contribution in [0.25, 0.3) is 21.1 Å². The summed E-state index contributed by atoms with van der Waals surface area (Å²) < 4.78 is 29.4. The molecule has 7 nitrogen and oxygen atoms in total. The molecule has 3 aromatic carbocycles. The monoisotopic (exact) mass is 476 g/mol. The first-order valence-electron chi connectivity index (χ1n) is 10.1. The maximum atomic E-state index is 12.9. The minimum atomic E-state index is -3.74. The van der Waals surface area contributed by atoms with Gasteiger partial charge in [-0.05, 0) is 61.4 Å². The fourth-order valence-corrected chi connectivity index (χ4v) is 5.81. The van der Waals surface area contributed by atoms with Gasteiger partial charge >= 0.3 is 0 Å². The van der Waals surface area contributed by atoms with Crippen molar-refractivity contribution >= 4 is 60.1 Å². The van der Waals surface area contributed by atoms with Gasteiger partial charge in [-0.2, -0.15) is 0 Å². The highest BCUT2D eigenvalue weighted by Crippen LogP contribution is 2.34. The summed E-state index contributed by atoms with van der Waals surface area (Å²) in [6.07, 6.45) is 1.58. The minimum absolute atomic E-state index is 0.0200. The molecule has 0 spiro atoms. The van der Waals surface area contributed by atoms with Crippen molar-refractivity contribution in [2.75, 3.05) is 4.72 Å². The molecule has 0 saturated heterocycles. The largest absolute Gasteiger partial charge is 0.494 e. The van der Waals surface area contributed by atoms with Crippen LogP contribution in [0, 0.1) is 13.8 Å².